The first-order valence-corrected chi connectivity index (χ1v) is 6.06. The maximum atomic E-state index is 13.5. The van der Waals surface area contributed by atoms with Crippen molar-refractivity contribution in [3.63, 3.8) is 0 Å². The minimum absolute atomic E-state index is 0.0217. The van der Waals surface area contributed by atoms with Gasteiger partial charge in [0.15, 0.2) is 4.77 Å². The monoisotopic (exact) mass is 287 g/mol. The van der Waals surface area contributed by atoms with E-state index < -0.39 is 11.7 Å². The average molecular weight is 288 g/mol. The molecule has 1 aromatic heterocycles. The van der Waals surface area contributed by atoms with Gasteiger partial charge in [0.2, 0.25) is 5.91 Å². The molecular formula is C11H11ClFN3OS. The van der Waals surface area contributed by atoms with E-state index in [2.05, 4.69) is 4.98 Å². The van der Waals surface area contributed by atoms with Crippen molar-refractivity contribution in [2.45, 2.75) is 19.4 Å². The molecule has 4 nitrogen and oxygen atoms in total. The minimum Gasteiger partial charge on any atom is -0.370 e. The van der Waals surface area contributed by atoms with Gasteiger partial charge >= 0.3 is 0 Å². The predicted octanol–water partition coefficient (Wildman–Crippen LogP) is 2.93. The maximum Gasteiger partial charge on any atom is 0.219 e. The zero-order valence-corrected chi connectivity index (χ0v) is 11.1. The molecule has 1 atom stereocenters. The first kappa shape index (κ1) is 13.0. The van der Waals surface area contributed by atoms with E-state index in [1.807, 2.05) is 0 Å². The minimum atomic E-state index is -0.529. The lowest BCUT2D eigenvalue weighted by Gasteiger charge is -2.12. The highest BCUT2D eigenvalue weighted by molar-refractivity contribution is 7.71. The lowest BCUT2D eigenvalue weighted by molar-refractivity contribution is -0.118. The number of primary amides is 1. The fourth-order valence-corrected chi connectivity index (χ4v) is 2.49. The molecule has 1 unspecified atom stereocenters. The fraction of sp³-hybridized carbons (Fsp3) is 0.273. The molecule has 0 saturated carbocycles. The number of carbonyl (C=O) groups is 1. The van der Waals surface area contributed by atoms with E-state index in [-0.39, 0.29) is 17.5 Å². The smallest absolute Gasteiger partial charge is 0.219 e. The number of hydrogen-bond donors (Lipinski definition) is 2. The Balaban J connectivity index is 2.63. The highest BCUT2D eigenvalue weighted by Gasteiger charge is 2.15. The molecule has 1 aromatic carbocycles. The quantitative estimate of drug-likeness (QED) is 0.853. The summed E-state index contributed by atoms with van der Waals surface area (Å²) in [7, 11) is 0. The molecule has 1 heterocycles. The molecule has 18 heavy (non-hydrogen) atoms. The average Bonchev–Trinajstić information content (AvgIpc) is 2.53. The molecule has 3 N–H and O–H groups in total. The van der Waals surface area contributed by atoms with Gasteiger partial charge in [0.05, 0.1) is 16.1 Å². The standard InChI is InChI=1S/C11H11ClFN3OS/c1-5(2-10(14)17)16-9-4-7(13)6(12)3-8(9)15-11(16)18/h3-5H,2H2,1H3,(H2,14,17)(H,15,18). The van der Waals surface area contributed by atoms with Gasteiger partial charge in [0.25, 0.3) is 0 Å². The van der Waals surface area contributed by atoms with E-state index >= 15 is 0 Å². The van der Waals surface area contributed by atoms with Crippen molar-refractivity contribution < 1.29 is 9.18 Å². The Morgan fingerprint density at radius 3 is 2.94 bits per heavy atom. The van der Waals surface area contributed by atoms with Crippen LogP contribution in [0, 0.1) is 10.6 Å². The normalized spacial score (nSPS) is 12.8. The molecule has 0 spiro atoms. The first-order valence-electron chi connectivity index (χ1n) is 5.27. The molecule has 2 rings (SSSR count). The van der Waals surface area contributed by atoms with Crippen LogP contribution in [0.4, 0.5) is 4.39 Å². The van der Waals surface area contributed by atoms with Gasteiger partial charge in [-0.05, 0) is 25.2 Å². The summed E-state index contributed by atoms with van der Waals surface area (Å²) in [6, 6.07) is 2.51. The van der Waals surface area contributed by atoms with E-state index in [0.29, 0.717) is 15.8 Å². The van der Waals surface area contributed by atoms with Crippen molar-refractivity contribution in [1.82, 2.24) is 9.55 Å². The number of imidazole rings is 1. The number of nitrogens with one attached hydrogen (secondary N) is 1. The van der Waals surface area contributed by atoms with Gasteiger partial charge in [-0.25, -0.2) is 4.39 Å². The van der Waals surface area contributed by atoms with Crippen molar-refractivity contribution in [3.05, 3.63) is 27.7 Å². The third-order valence-corrected chi connectivity index (χ3v) is 3.28. The molecule has 0 radical (unpaired) electrons. The van der Waals surface area contributed by atoms with Crippen LogP contribution >= 0.6 is 23.8 Å². The van der Waals surface area contributed by atoms with E-state index in [4.69, 9.17) is 29.6 Å². The van der Waals surface area contributed by atoms with E-state index in [1.54, 1.807) is 11.5 Å². The molecule has 7 heteroatoms. The number of nitrogens with two attached hydrogens (primary N) is 1. The number of aromatic amines is 1. The second-order valence-electron chi connectivity index (χ2n) is 4.10. The van der Waals surface area contributed by atoms with Gasteiger partial charge in [-0.1, -0.05) is 11.6 Å². The Morgan fingerprint density at radius 2 is 2.33 bits per heavy atom. The summed E-state index contributed by atoms with van der Waals surface area (Å²) in [5.74, 6) is -0.966. The number of halogens is 2. The molecule has 96 valence electrons. The SMILES string of the molecule is CC(CC(N)=O)n1c(=S)[nH]c2cc(Cl)c(F)cc21. The molecule has 0 bridgehead atoms. The number of benzene rings is 1. The summed E-state index contributed by atoms with van der Waals surface area (Å²) in [6.45, 7) is 1.79. The van der Waals surface area contributed by atoms with Crippen LogP contribution in [-0.4, -0.2) is 15.5 Å². The topological polar surface area (TPSA) is 63.8 Å². The van der Waals surface area contributed by atoms with Crippen molar-refractivity contribution in [2.24, 2.45) is 5.73 Å². The zero-order chi connectivity index (χ0) is 13.4. The van der Waals surface area contributed by atoms with Crippen LogP contribution in [0.3, 0.4) is 0 Å². The molecular weight excluding hydrogens is 277 g/mol. The first-order chi connectivity index (χ1) is 8.40. The highest BCUT2D eigenvalue weighted by Crippen LogP contribution is 2.26. The Morgan fingerprint density at radius 1 is 1.67 bits per heavy atom. The molecule has 0 saturated heterocycles. The Bertz CT molecular complexity index is 679. The Hall–Kier alpha value is -1.40. The fourth-order valence-electron chi connectivity index (χ4n) is 1.94. The molecule has 0 aliphatic carbocycles. The lowest BCUT2D eigenvalue weighted by atomic mass is 10.2. The van der Waals surface area contributed by atoms with Crippen LogP contribution in [0.1, 0.15) is 19.4 Å². The number of H-pyrrole nitrogens is 1. The van der Waals surface area contributed by atoms with E-state index in [9.17, 15) is 9.18 Å². The van der Waals surface area contributed by atoms with E-state index in [1.165, 1.54) is 12.1 Å². The van der Waals surface area contributed by atoms with Crippen LogP contribution < -0.4 is 5.73 Å². The van der Waals surface area contributed by atoms with Gasteiger partial charge in [0.1, 0.15) is 5.82 Å². The summed E-state index contributed by atoms with van der Waals surface area (Å²) >= 11 is 10.9. The van der Waals surface area contributed by atoms with Crippen LogP contribution in [0.2, 0.25) is 5.02 Å². The van der Waals surface area contributed by atoms with Crippen LogP contribution in [0.15, 0.2) is 12.1 Å². The number of carbonyl (C=O) groups excluding carboxylic acids is 1. The maximum absolute atomic E-state index is 13.5. The summed E-state index contributed by atoms with van der Waals surface area (Å²) in [5.41, 5.74) is 6.35. The summed E-state index contributed by atoms with van der Waals surface area (Å²) in [4.78, 5) is 13.9. The number of nitrogens with zero attached hydrogens (tertiary/aromatic N) is 1. The Kier molecular flexibility index (Phi) is 3.41. The largest absolute Gasteiger partial charge is 0.370 e. The van der Waals surface area contributed by atoms with Crippen molar-refractivity contribution >= 4 is 40.8 Å². The second kappa shape index (κ2) is 4.70. The third kappa shape index (κ3) is 2.26. The lowest BCUT2D eigenvalue weighted by Crippen LogP contribution is -2.17. The van der Waals surface area contributed by atoms with Gasteiger partial charge in [0, 0.05) is 18.5 Å². The molecule has 1 amide bonds. The number of hydrogen-bond acceptors (Lipinski definition) is 2. The van der Waals surface area contributed by atoms with Gasteiger partial charge in [-0.15, -0.1) is 0 Å². The van der Waals surface area contributed by atoms with Gasteiger partial charge in [-0.2, -0.15) is 0 Å². The molecule has 0 fully saturated rings. The van der Waals surface area contributed by atoms with Crippen molar-refractivity contribution in [1.29, 1.82) is 0 Å². The highest BCUT2D eigenvalue weighted by atomic mass is 35.5. The third-order valence-electron chi connectivity index (χ3n) is 2.70. The molecule has 2 aromatic rings. The summed E-state index contributed by atoms with van der Waals surface area (Å²) < 4.78 is 15.5. The number of amides is 1. The van der Waals surface area contributed by atoms with Crippen LogP contribution in [-0.2, 0) is 4.79 Å². The Labute approximate surface area is 113 Å². The zero-order valence-electron chi connectivity index (χ0n) is 9.54. The summed E-state index contributed by atoms with van der Waals surface area (Å²) in [6.07, 6.45) is 0.130. The number of fused-ring (bicyclic) bond motifs is 1. The number of aromatic nitrogens is 2. The molecule has 0 aliphatic rings. The van der Waals surface area contributed by atoms with Crippen molar-refractivity contribution in [3.8, 4) is 0 Å². The van der Waals surface area contributed by atoms with Crippen LogP contribution in [0.5, 0.6) is 0 Å². The molecule has 0 aliphatic heterocycles. The summed E-state index contributed by atoms with van der Waals surface area (Å²) in [5, 5.41) is 0.0217. The van der Waals surface area contributed by atoms with E-state index in [0.717, 1.165) is 0 Å². The second-order valence-corrected chi connectivity index (χ2v) is 4.90. The van der Waals surface area contributed by atoms with Gasteiger partial charge < -0.3 is 15.3 Å². The number of rotatable bonds is 3. The van der Waals surface area contributed by atoms with Gasteiger partial charge in [-0.3, -0.25) is 4.79 Å². The predicted molar refractivity (Wildman–Crippen MR) is 70.6 cm³/mol. The van der Waals surface area contributed by atoms with Crippen molar-refractivity contribution in [2.75, 3.05) is 0 Å². The van der Waals surface area contributed by atoms with Crippen LogP contribution in [0.25, 0.3) is 11.0 Å².